The van der Waals surface area contributed by atoms with Crippen LogP contribution in [-0.4, -0.2) is 23.2 Å². The Morgan fingerprint density at radius 3 is 2.83 bits per heavy atom. The molecular formula is C25H29NO3. The largest absolute Gasteiger partial charge is 0.495 e. The molecule has 2 aromatic rings. The first kappa shape index (κ1) is 18.7. The molecule has 0 unspecified atom stereocenters. The molecule has 0 amide bonds. The van der Waals surface area contributed by atoms with Crippen LogP contribution in [0.15, 0.2) is 36.7 Å². The molecule has 1 aromatic heterocycles. The normalized spacial score (nSPS) is 32.8. The fourth-order valence-corrected chi connectivity index (χ4v) is 7.00. The van der Waals surface area contributed by atoms with Crippen LogP contribution < -0.4 is 4.74 Å². The zero-order valence-corrected chi connectivity index (χ0v) is 17.2. The van der Waals surface area contributed by atoms with Crippen LogP contribution in [0.4, 0.5) is 0 Å². The molecule has 0 spiro atoms. The number of ether oxygens (including phenoxy) is 1. The summed E-state index contributed by atoms with van der Waals surface area (Å²) in [5, 5.41) is 9.34. The smallest absolute Gasteiger partial charge is 0.335 e. The minimum atomic E-state index is -0.823. The lowest BCUT2D eigenvalue weighted by Gasteiger charge is -2.51. The van der Waals surface area contributed by atoms with E-state index in [1.807, 2.05) is 12.3 Å². The number of methoxy groups -OCH3 is 1. The van der Waals surface area contributed by atoms with Crippen molar-refractivity contribution < 1.29 is 14.6 Å². The van der Waals surface area contributed by atoms with Gasteiger partial charge in [-0.15, -0.1) is 0 Å². The third kappa shape index (κ3) is 2.87. The Labute approximate surface area is 172 Å². The van der Waals surface area contributed by atoms with E-state index in [4.69, 9.17) is 4.74 Å². The first-order chi connectivity index (χ1) is 14.0. The molecule has 0 bridgehead atoms. The Hall–Kier alpha value is -2.36. The lowest BCUT2D eigenvalue weighted by Crippen LogP contribution is -2.41. The van der Waals surface area contributed by atoms with Gasteiger partial charge in [-0.2, -0.15) is 0 Å². The van der Waals surface area contributed by atoms with E-state index >= 15 is 0 Å². The van der Waals surface area contributed by atoms with Gasteiger partial charge in [0.1, 0.15) is 5.75 Å². The molecule has 0 saturated heterocycles. The fourth-order valence-electron chi connectivity index (χ4n) is 7.00. The number of nitrogens with zero attached hydrogens (tertiary/aromatic N) is 1. The predicted molar refractivity (Wildman–Crippen MR) is 112 cm³/mol. The summed E-state index contributed by atoms with van der Waals surface area (Å²) in [6, 6.07) is 8.01. The third-order valence-corrected chi connectivity index (χ3v) is 8.35. The van der Waals surface area contributed by atoms with Crippen LogP contribution in [0, 0.1) is 17.3 Å². The van der Waals surface area contributed by atoms with Gasteiger partial charge in [-0.25, -0.2) is 4.79 Å². The number of pyridine rings is 1. The van der Waals surface area contributed by atoms with Crippen molar-refractivity contribution in [3.8, 4) is 5.75 Å². The average molecular weight is 392 g/mol. The van der Waals surface area contributed by atoms with Gasteiger partial charge in [-0.1, -0.05) is 13.0 Å². The lowest BCUT2D eigenvalue weighted by atomic mass is 9.53. The number of aromatic carboxylic acids is 1. The molecule has 29 heavy (non-hydrogen) atoms. The summed E-state index contributed by atoms with van der Waals surface area (Å²) in [5.41, 5.74) is 4.75. The van der Waals surface area contributed by atoms with Crippen molar-refractivity contribution in [3.05, 3.63) is 58.9 Å². The van der Waals surface area contributed by atoms with Crippen molar-refractivity contribution in [2.45, 2.75) is 57.3 Å². The molecule has 152 valence electrons. The van der Waals surface area contributed by atoms with E-state index in [2.05, 4.69) is 24.0 Å². The van der Waals surface area contributed by atoms with Crippen molar-refractivity contribution >= 4 is 5.97 Å². The number of hydrogen-bond donors (Lipinski definition) is 1. The number of carboxylic acids is 1. The number of aryl methyl sites for hydroxylation is 1. The van der Waals surface area contributed by atoms with Gasteiger partial charge in [-0.3, -0.25) is 4.98 Å². The van der Waals surface area contributed by atoms with Crippen molar-refractivity contribution in [1.82, 2.24) is 4.98 Å². The van der Waals surface area contributed by atoms with Crippen LogP contribution in [0.2, 0.25) is 0 Å². The molecule has 1 aromatic carbocycles. The number of rotatable bonds is 3. The van der Waals surface area contributed by atoms with Gasteiger partial charge < -0.3 is 9.84 Å². The minimum Gasteiger partial charge on any atom is -0.495 e. The standard InChI is InChI=1S/C25H29NO3/c1-25-10-9-20-19-5-4-16(24(27)28)11-15(19)3-6-21(20)23(25)8-7-22(25)17-12-18(29-2)14-26-13-17/h4-5,11-14,20-23H,3,6-10H2,1-2H3,(H,27,28)/t20-,21-,22-,23+,25-/m1/s1. The van der Waals surface area contributed by atoms with Crippen LogP contribution in [0.25, 0.3) is 0 Å². The lowest BCUT2D eigenvalue weighted by molar-refractivity contribution is 0.0480. The number of aromatic nitrogens is 1. The van der Waals surface area contributed by atoms with E-state index in [-0.39, 0.29) is 0 Å². The molecule has 4 heteroatoms. The van der Waals surface area contributed by atoms with Crippen molar-refractivity contribution in [2.24, 2.45) is 17.3 Å². The van der Waals surface area contributed by atoms with Crippen molar-refractivity contribution in [3.63, 3.8) is 0 Å². The summed E-state index contributed by atoms with van der Waals surface area (Å²) in [6.07, 6.45) is 11.0. The van der Waals surface area contributed by atoms with Crippen molar-refractivity contribution in [1.29, 1.82) is 0 Å². The molecule has 5 atom stereocenters. The Kier molecular flexibility index (Phi) is 4.41. The monoisotopic (exact) mass is 391 g/mol. The minimum absolute atomic E-state index is 0.313. The SMILES string of the molecule is COc1cncc([C@H]2CC[C@H]3[C@@H]4CCc5cc(C(=O)O)ccc5[C@H]4CC[C@]23C)c1. The fraction of sp³-hybridized carbons (Fsp3) is 0.520. The number of carbonyl (C=O) groups is 1. The molecule has 2 saturated carbocycles. The maximum Gasteiger partial charge on any atom is 0.335 e. The van der Waals surface area contributed by atoms with E-state index in [0.29, 0.717) is 28.7 Å². The summed E-state index contributed by atoms with van der Waals surface area (Å²) < 4.78 is 5.43. The zero-order valence-electron chi connectivity index (χ0n) is 17.2. The average Bonchev–Trinajstić information content (AvgIpc) is 3.10. The summed E-state index contributed by atoms with van der Waals surface area (Å²) in [6.45, 7) is 2.51. The number of carboxylic acid groups (broad SMARTS) is 1. The highest BCUT2D eigenvalue weighted by molar-refractivity contribution is 5.88. The van der Waals surface area contributed by atoms with Crippen LogP contribution in [0.1, 0.15) is 77.9 Å². The van der Waals surface area contributed by atoms with Crippen LogP contribution in [0.5, 0.6) is 5.75 Å². The van der Waals surface area contributed by atoms with E-state index in [0.717, 1.165) is 18.1 Å². The molecule has 0 radical (unpaired) electrons. The van der Waals surface area contributed by atoms with Gasteiger partial charge in [0, 0.05) is 6.20 Å². The maximum atomic E-state index is 11.4. The summed E-state index contributed by atoms with van der Waals surface area (Å²) >= 11 is 0. The summed E-state index contributed by atoms with van der Waals surface area (Å²) in [5.74, 6) is 2.60. The number of fused-ring (bicyclic) bond motifs is 5. The van der Waals surface area contributed by atoms with Gasteiger partial charge in [-0.05, 0) is 103 Å². The van der Waals surface area contributed by atoms with Gasteiger partial charge in [0.2, 0.25) is 0 Å². The van der Waals surface area contributed by atoms with Crippen LogP contribution >= 0.6 is 0 Å². The molecule has 0 aliphatic heterocycles. The van der Waals surface area contributed by atoms with Gasteiger partial charge in [0.15, 0.2) is 0 Å². The number of benzene rings is 1. The maximum absolute atomic E-state index is 11.4. The second kappa shape index (κ2) is 6.86. The van der Waals surface area contributed by atoms with Crippen molar-refractivity contribution in [2.75, 3.05) is 7.11 Å². The second-order valence-electron chi connectivity index (χ2n) is 9.47. The Bertz CT molecular complexity index is 955. The quantitative estimate of drug-likeness (QED) is 0.758. The molecule has 5 rings (SSSR count). The van der Waals surface area contributed by atoms with E-state index in [9.17, 15) is 9.90 Å². The second-order valence-corrected chi connectivity index (χ2v) is 9.47. The van der Waals surface area contributed by atoms with E-state index < -0.39 is 5.97 Å². The molecule has 3 aliphatic rings. The summed E-state index contributed by atoms with van der Waals surface area (Å²) in [4.78, 5) is 15.8. The molecule has 1 heterocycles. The predicted octanol–water partition coefficient (Wildman–Crippen LogP) is 5.43. The van der Waals surface area contributed by atoms with Gasteiger partial charge in [0.25, 0.3) is 0 Å². The Morgan fingerprint density at radius 1 is 1.17 bits per heavy atom. The third-order valence-electron chi connectivity index (χ3n) is 8.35. The van der Waals surface area contributed by atoms with E-state index in [1.165, 1.54) is 48.8 Å². The van der Waals surface area contributed by atoms with Crippen LogP contribution in [-0.2, 0) is 6.42 Å². The molecule has 2 fully saturated rings. The first-order valence-corrected chi connectivity index (χ1v) is 10.9. The van der Waals surface area contributed by atoms with Crippen LogP contribution in [0.3, 0.4) is 0 Å². The topological polar surface area (TPSA) is 59.4 Å². The molecular weight excluding hydrogens is 362 g/mol. The highest BCUT2D eigenvalue weighted by atomic mass is 16.5. The molecule has 1 N–H and O–H groups in total. The highest BCUT2D eigenvalue weighted by Gasteiger charge is 2.55. The highest BCUT2D eigenvalue weighted by Crippen LogP contribution is 2.65. The molecule has 3 aliphatic carbocycles. The first-order valence-electron chi connectivity index (χ1n) is 10.9. The Balaban J connectivity index is 1.45. The number of hydrogen-bond acceptors (Lipinski definition) is 3. The Morgan fingerprint density at radius 2 is 2.03 bits per heavy atom. The molecule has 4 nitrogen and oxygen atoms in total. The summed E-state index contributed by atoms with van der Waals surface area (Å²) in [7, 11) is 1.71. The van der Waals surface area contributed by atoms with Gasteiger partial charge >= 0.3 is 5.97 Å². The van der Waals surface area contributed by atoms with Gasteiger partial charge in [0.05, 0.1) is 18.9 Å². The zero-order chi connectivity index (χ0) is 20.2. The van der Waals surface area contributed by atoms with E-state index in [1.54, 1.807) is 19.4 Å².